The fourth-order valence-electron chi connectivity index (χ4n) is 2.59. The molecule has 1 saturated heterocycles. The van der Waals surface area contributed by atoms with E-state index in [0.717, 1.165) is 9.13 Å². The van der Waals surface area contributed by atoms with Gasteiger partial charge in [-0.25, -0.2) is 4.79 Å². The molecule has 1 unspecified atom stereocenters. The number of nitrogens with zero attached hydrogens (tertiary/aromatic N) is 2. The molecule has 0 amide bonds. The quantitative estimate of drug-likeness (QED) is 0.586. The third kappa shape index (κ3) is 3.52. The van der Waals surface area contributed by atoms with Crippen LogP contribution in [0.25, 0.3) is 0 Å². The summed E-state index contributed by atoms with van der Waals surface area (Å²) >= 11 is 0. The van der Waals surface area contributed by atoms with Crippen molar-refractivity contribution in [3.63, 3.8) is 0 Å². The molecule has 0 aliphatic carbocycles. The molecule has 9 heteroatoms. The van der Waals surface area contributed by atoms with E-state index < -0.39 is 48.9 Å². The van der Waals surface area contributed by atoms with Gasteiger partial charge >= 0.3 is 5.69 Å². The predicted octanol–water partition coefficient (Wildman–Crippen LogP) is -1.46. The topological polar surface area (TPSA) is 114 Å². The molecule has 1 fully saturated rings. The Bertz CT molecular complexity index is 654. The highest BCUT2D eigenvalue weighted by molar-refractivity contribution is 5.04. The maximum atomic E-state index is 12.8. The second-order valence-electron chi connectivity index (χ2n) is 5.74. The number of aliphatic hydroxyl groups is 3. The Morgan fingerprint density at radius 1 is 1.43 bits per heavy atom. The molecule has 0 radical (unpaired) electrons. The van der Waals surface area contributed by atoms with Crippen LogP contribution in [0.15, 0.2) is 15.8 Å². The van der Waals surface area contributed by atoms with E-state index in [2.05, 4.69) is 0 Å². The molecule has 4 atom stereocenters. The van der Waals surface area contributed by atoms with Gasteiger partial charge in [0.2, 0.25) is 0 Å². The summed E-state index contributed by atoms with van der Waals surface area (Å²) in [6, 6.07) is 0. The van der Waals surface area contributed by atoms with Crippen LogP contribution in [0, 0.1) is 12.8 Å². The van der Waals surface area contributed by atoms with Crippen molar-refractivity contribution in [2.75, 3.05) is 19.9 Å². The van der Waals surface area contributed by atoms with Crippen LogP contribution in [0.2, 0.25) is 0 Å². The lowest BCUT2D eigenvalue weighted by molar-refractivity contribution is -0.0464. The van der Waals surface area contributed by atoms with Crippen LogP contribution in [0.1, 0.15) is 18.2 Å². The molecule has 130 valence electrons. The predicted molar refractivity (Wildman–Crippen MR) is 77.9 cm³/mol. The fourth-order valence-corrected chi connectivity index (χ4v) is 2.59. The van der Waals surface area contributed by atoms with E-state index in [1.54, 1.807) is 0 Å². The van der Waals surface area contributed by atoms with Gasteiger partial charge in [-0.3, -0.25) is 18.3 Å². The molecule has 2 rings (SSSR count). The molecule has 8 nitrogen and oxygen atoms in total. The number of aryl methyl sites for hydroxylation is 1. The van der Waals surface area contributed by atoms with E-state index in [0.29, 0.717) is 0 Å². The smallest absolute Gasteiger partial charge is 0.333 e. The first-order valence-electron chi connectivity index (χ1n) is 7.36. The van der Waals surface area contributed by atoms with E-state index in [4.69, 9.17) is 14.9 Å². The Morgan fingerprint density at radius 3 is 2.65 bits per heavy atom. The summed E-state index contributed by atoms with van der Waals surface area (Å²) < 4.78 is 20.2. The summed E-state index contributed by atoms with van der Waals surface area (Å²) in [6.07, 6.45) is -1.13. The molecule has 3 N–H and O–H groups in total. The van der Waals surface area contributed by atoms with Gasteiger partial charge in [0.25, 0.3) is 5.56 Å². The lowest BCUT2D eigenvalue weighted by Gasteiger charge is -2.19. The molecule has 0 bridgehead atoms. The summed E-state index contributed by atoms with van der Waals surface area (Å²) in [6.45, 7) is -0.472. The number of ether oxygens (including phenoxy) is 1. The Hall–Kier alpha value is -1.55. The average Bonchev–Trinajstić information content (AvgIpc) is 2.92. The van der Waals surface area contributed by atoms with E-state index in [9.17, 15) is 19.1 Å². The van der Waals surface area contributed by atoms with Gasteiger partial charge in [0.1, 0.15) is 12.3 Å². The highest BCUT2D eigenvalue weighted by Crippen LogP contribution is 2.27. The molecule has 1 aliphatic rings. The molecular weight excluding hydrogens is 311 g/mol. The largest absolute Gasteiger partial charge is 0.396 e. The minimum absolute atomic E-state index is 0.0926. The van der Waals surface area contributed by atoms with Crippen LogP contribution in [0.5, 0.6) is 0 Å². The first-order chi connectivity index (χ1) is 10.9. The van der Waals surface area contributed by atoms with Crippen molar-refractivity contribution in [1.82, 2.24) is 9.13 Å². The first-order valence-corrected chi connectivity index (χ1v) is 7.36. The minimum atomic E-state index is -0.923. The monoisotopic (exact) mass is 332 g/mol. The number of halogens is 1. The van der Waals surface area contributed by atoms with Gasteiger partial charge < -0.3 is 20.1 Å². The zero-order chi connectivity index (χ0) is 17.1. The van der Waals surface area contributed by atoms with Crippen molar-refractivity contribution in [3.8, 4) is 0 Å². The number of alkyl halides is 1. The second-order valence-corrected chi connectivity index (χ2v) is 5.74. The van der Waals surface area contributed by atoms with Crippen molar-refractivity contribution in [1.29, 1.82) is 0 Å². The Kier molecular flexibility index (Phi) is 5.69. The molecule has 1 aliphatic heterocycles. The third-order valence-corrected chi connectivity index (χ3v) is 3.98. The molecular formula is C14H21FN2O6. The summed E-state index contributed by atoms with van der Waals surface area (Å²) in [5.41, 5.74) is -1.01. The van der Waals surface area contributed by atoms with E-state index in [1.165, 1.54) is 13.1 Å². The van der Waals surface area contributed by atoms with Crippen molar-refractivity contribution < 1.29 is 24.4 Å². The Morgan fingerprint density at radius 2 is 2.13 bits per heavy atom. The van der Waals surface area contributed by atoms with Gasteiger partial charge in [0.15, 0.2) is 0 Å². The van der Waals surface area contributed by atoms with Crippen LogP contribution in [-0.4, -0.2) is 56.6 Å². The van der Waals surface area contributed by atoms with Gasteiger partial charge in [-0.2, -0.15) is 0 Å². The van der Waals surface area contributed by atoms with Crippen LogP contribution in [0.3, 0.4) is 0 Å². The Balaban J connectivity index is 2.41. The van der Waals surface area contributed by atoms with Gasteiger partial charge in [-0.15, -0.1) is 0 Å². The summed E-state index contributed by atoms with van der Waals surface area (Å²) in [4.78, 5) is 24.6. The zero-order valence-electron chi connectivity index (χ0n) is 12.8. The highest BCUT2D eigenvalue weighted by atomic mass is 19.1. The normalized spacial score (nSPS) is 25.7. The molecule has 2 heterocycles. The number of aromatic nitrogens is 2. The number of hydrogen-bond donors (Lipinski definition) is 3. The second kappa shape index (κ2) is 7.35. The summed E-state index contributed by atoms with van der Waals surface area (Å²) in [5, 5.41) is 28.0. The third-order valence-electron chi connectivity index (χ3n) is 3.98. The van der Waals surface area contributed by atoms with Gasteiger partial charge in [0, 0.05) is 30.6 Å². The van der Waals surface area contributed by atoms with Crippen LogP contribution in [-0.2, 0) is 11.3 Å². The maximum Gasteiger partial charge on any atom is 0.333 e. The summed E-state index contributed by atoms with van der Waals surface area (Å²) in [5.74, 6) is -0.851. The van der Waals surface area contributed by atoms with Crippen molar-refractivity contribution >= 4 is 0 Å². The van der Waals surface area contributed by atoms with Gasteiger partial charge in [-0.05, 0) is 6.92 Å². The van der Waals surface area contributed by atoms with Crippen LogP contribution in [0.4, 0.5) is 4.39 Å². The Labute approximate surface area is 131 Å². The van der Waals surface area contributed by atoms with Crippen molar-refractivity contribution in [2.24, 2.45) is 5.92 Å². The highest BCUT2D eigenvalue weighted by Gasteiger charge is 2.35. The molecule has 1 aromatic rings. The maximum absolute atomic E-state index is 12.8. The zero-order valence-corrected chi connectivity index (χ0v) is 12.8. The van der Waals surface area contributed by atoms with Crippen LogP contribution < -0.4 is 11.2 Å². The van der Waals surface area contributed by atoms with E-state index >= 15 is 0 Å². The lowest BCUT2D eigenvalue weighted by atomic mass is 10.2. The van der Waals surface area contributed by atoms with Crippen molar-refractivity contribution in [2.45, 2.75) is 38.3 Å². The minimum Gasteiger partial charge on any atom is -0.396 e. The van der Waals surface area contributed by atoms with E-state index in [-0.39, 0.29) is 25.1 Å². The first kappa shape index (κ1) is 17.8. The van der Waals surface area contributed by atoms with Gasteiger partial charge in [-0.1, -0.05) is 0 Å². The van der Waals surface area contributed by atoms with Crippen LogP contribution >= 0.6 is 0 Å². The molecule has 0 saturated carbocycles. The fraction of sp³-hybridized carbons (Fsp3) is 0.714. The van der Waals surface area contributed by atoms with Gasteiger partial charge in [0.05, 0.1) is 26.0 Å². The average molecular weight is 332 g/mol. The number of aliphatic hydroxyl groups excluding tert-OH is 3. The summed E-state index contributed by atoms with van der Waals surface area (Å²) in [7, 11) is 0. The number of hydrogen-bond acceptors (Lipinski definition) is 6. The molecule has 1 aromatic heterocycles. The standard InChI is InChI=1S/C14H21FN2O6/c1-8-4-16(12-2-10(20)11(7-19)23-12)14(22)17(13(8)21)5-9(3-15)6-18/h4,9-12,18-20H,2-3,5-7H2,1H3/t9?,10-,11-,12-/m0/s1. The molecule has 0 aromatic carbocycles. The molecule has 23 heavy (non-hydrogen) atoms. The van der Waals surface area contributed by atoms with Crippen molar-refractivity contribution in [3.05, 3.63) is 32.6 Å². The SMILES string of the molecule is Cc1cn([C@@H]2C[C@H](O)[C@H](CO)O2)c(=O)n(CC(CO)CF)c1=O. The number of rotatable bonds is 6. The van der Waals surface area contributed by atoms with E-state index in [1.807, 2.05) is 0 Å². The lowest BCUT2D eigenvalue weighted by Crippen LogP contribution is -2.44. The molecule has 0 spiro atoms.